The van der Waals surface area contributed by atoms with Gasteiger partial charge in [0.1, 0.15) is 22.8 Å². The number of anilines is 1. The molecule has 1 amide bonds. The third kappa shape index (κ3) is 3.41. The number of primary amides is 1. The Labute approximate surface area is 201 Å². The fourth-order valence-corrected chi connectivity index (χ4v) is 5.69. The zero-order valence-corrected chi connectivity index (χ0v) is 19.7. The van der Waals surface area contributed by atoms with Crippen LogP contribution in [-0.4, -0.2) is 83.9 Å². The smallest absolute Gasteiger partial charge is 0.255 e. The summed E-state index contributed by atoms with van der Waals surface area (Å²) in [5, 5.41) is 45.8. The number of carbonyl (C=O) groups is 3. The molecule has 188 valence electrons. The molecule has 1 saturated carbocycles. The second kappa shape index (κ2) is 8.67. The third-order valence-electron chi connectivity index (χ3n) is 7.22. The van der Waals surface area contributed by atoms with Crippen molar-refractivity contribution in [1.82, 2.24) is 5.32 Å². The molecule has 3 aliphatic carbocycles. The molecule has 11 nitrogen and oxygen atoms in total. The van der Waals surface area contributed by atoms with E-state index in [0.29, 0.717) is 17.7 Å². The van der Waals surface area contributed by atoms with Crippen LogP contribution in [0.5, 0.6) is 5.75 Å². The minimum absolute atomic E-state index is 0.0239. The number of benzene rings is 1. The Kier molecular flexibility index (Phi) is 6.12. The van der Waals surface area contributed by atoms with Gasteiger partial charge in [-0.3, -0.25) is 14.4 Å². The number of hydrogen-bond donors (Lipinski definition) is 6. The quantitative estimate of drug-likeness (QED) is 0.282. The van der Waals surface area contributed by atoms with Gasteiger partial charge >= 0.3 is 0 Å². The number of nitrogens with two attached hydrogens (primary N) is 1. The van der Waals surface area contributed by atoms with Gasteiger partial charge in [0.05, 0.1) is 25.3 Å². The van der Waals surface area contributed by atoms with Gasteiger partial charge in [-0.25, -0.2) is 0 Å². The molecule has 3 aliphatic rings. The van der Waals surface area contributed by atoms with Crippen LogP contribution in [0.25, 0.3) is 5.76 Å². The lowest BCUT2D eigenvalue weighted by Gasteiger charge is -2.49. The average Bonchev–Trinajstić information content (AvgIpc) is 2.80. The number of carbonyl (C=O) groups excluding carboxylic acids is 3. The van der Waals surface area contributed by atoms with E-state index in [1.165, 1.54) is 7.11 Å². The van der Waals surface area contributed by atoms with Crippen molar-refractivity contribution in [3.8, 4) is 5.75 Å². The molecule has 0 spiro atoms. The molecule has 4 rings (SSSR count). The minimum atomic E-state index is -2.67. The molecule has 1 aromatic rings. The molecule has 0 saturated heterocycles. The minimum Gasteiger partial charge on any atom is -0.508 e. The number of ketones is 2. The number of nitrogens with one attached hydrogen (secondary N) is 1. The Morgan fingerprint density at radius 1 is 1.29 bits per heavy atom. The lowest BCUT2D eigenvalue weighted by Crippen LogP contribution is -2.66. The van der Waals surface area contributed by atoms with Crippen molar-refractivity contribution in [2.45, 2.75) is 24.5 Å². The Morgan fingerprint density at radius 3 is 2.54 bits per heavy atom. The van der Waals surface area contributed by atoms with Crippen LogP contribution in [0.4, 0.5) is 5.69 Å². The molecular weight excluding hydrogens is 458 g/mol. The molecule has 4 atom stereocenters. The molecule has 0 bridgehead atoms. The van der Waals surface area contributed by atoms with Crippen molar-refractivity contribution < 1.29 is 39.5 Å². The molecule has 0 radical (unpaired) electrons. The molecule has 35 heavy (non-hydrogen) atoms. The van der Waals surface area contributed by atoms with E-state index in [0.717, 1.165) is 11.3 Å². The molecule has 7 N–H and O–H groups in total. The van der Waals surface area contributed by atoms with E-state index in [1.807, 2.05) is 25.1 Å². The van der Waals surface area contributed by atoms with Gasteiger partial charge in [-0.05, 0) is 36.5 Å². The van der Waals surface area contributed by atoms with Crippen LogP contribution < -0.4 is 20.7 Å². The Balaban J connectivity index is 1.96. The number of Topliss-reactive ketones (excluding diaryl/α,β-unsaturated/α-hetero) is 2. The van der Waals surface area contributed by atoms with Gasteiger partial charge in [0.25, 0.3) is 5.91 Å². The van der Waals surface area contributed by atoms with Crippen molar-refractivity contribution in [3.63, 3.8) is 0 Å². The maximum Gasteiger partial charge on any atom is 0.255 e. The molecule has 1 aromatic carbocycles. The van der Waals surface area contributed by atoms with E-state index in [9.17, 15) is 34.8 Å². The highest BCUT2D eigenvalue weighted by molar-refractivity contribution is 6.24. The first-order chi connectivity index (χ1) is 16.5. The molecule has 0 unspecified atom stereocenters. The standard InChI is InChI=1S/C24H29N3O8/c1-27(2)13-4-5-14(35-3)16-11(13)8-10-9-12-18(26-6-7-28)20(30)17(23(25)33)22(32)24(12,34)21(31)15(10)19(16)29/h4-5,10,12,18,26,28-29,32,34H,6-9H2,1-3H3,(H2,25,33)/t10-,12-,18+,24-/m0/s1. The fourth-order valence-electron chi connectivity index (χ4n) is 5.69. The van der Waals surface area contributed by atoms with Crippen LogP contribution in [0, 0.1) is 11.8 Å². The zero-order chi connectivity index (χ0) is 25.8. The number of fused-ring (bicyclic) bond motifs is 3. The third-order valence-corrected chi connectivity index (χ3v) is 7.22. The lowest BCUT2D eigenvalue weighted by molar-refractivity contribution is -0.150. The van der Waals surface area contributed by atoms with Gasteiger partial charge in [-0.15, -0.1) is 0 Å². The first kappa shape index (κ1) is 24.7. The van der Waals surface area contributed by atoms with Gasteiger partial charge in [0.15, 0.2) is 11.4 Å². The topological polar surface area (TPSA) is 183 Å². The van der Waals surface area contributed by atoms with Crippen molar-refractivity contribution in [3.05, 3.63) is 40.2 Å². The monoisotopic (exact) mass is 487 g/mol. The highest BCUT2D eigenvalue weighted by Crippen LogP contribution is 2.53. The molecule has 0 aromatic heterocycles. The van der Waals surface area contributed by atoms with E-state index in [2.05, 4.69) is 5.32 Å². The first-order valence-electron chi connectivity index (χ1n) is 11.2. The lowest BCUT2D eigenvalue weighted by atomic mass is 9.57. The van der Waals surface area contributed by atoms with Crippen LogP contribution in [0.15, 0.2) is 29.0 Å². The number of hydrogen-bond acceptors (Lipinski definition) is 10. The van der Waals surface area contributed by atoms with Crippen LogP contribution >= 0.6 is 0 Å². The summed E-state index contributed by atoms with van der Waals surface area (Å²) in [5.74, 6) is -6.13. The van der Waals surface area contributed by atoms with Gasteiger partial charge in [0, 0.05) is 37.8 Å². The summed E-state index contributed by atoms with van der Waals surface area (Å²) in [6.45, 7) is -0.410. The van der Waals surface area contributed by atoms with E-state index in [-0.39, 0.29) is 30.9 Å². The first-order valence-corrected chi connectivity index (χ1v) is 11.2. The summed E-state index contributed by atoms with van der Waals surface area (Å²) in [6.07, 6.45) is 0.321. The molecule has 11 heteroatoms. The van der Waals surface area contributed by atoms with Crippen LogP contribution in [0.1, 0.15) is 17.5 Å². The second-order valence-electron chi connectivity index (χ2n) is 9.24. The number of aliphatic hydroxyl groups excluding tert-OH is 3. The van der Waals surface area contributed by atoms with Crippen molar-refractivity contribution in [2.24, 2.45) is 17.6 Å². The predicted molar refractivity (Wildman–Crippen MR) is 125 cm³/mol. The number of rotatable bonds is 6. The highest BCUT2D eigenvalue weighted by atomic mass is 16.5. The summed E-state index contributed by atoms with van der Waals surface area (Å²) in [5.41, 5.74) is 3.48. The van der Waals surface area contributed by atoms with Crippen LogP contribution in [0.2, 0.25) is 0 Å². The SMILES string of the molecule is COc1ccc(N(C)C)c2c1C(O)=C1C(=O)[C@]3(O)C(O)=C(C(N)=O)C(=O)[C@H](NCCO)[C@@H]3C[C@@H]1C2. The average molecular weight is 488 g/mol. The van der Waals surface area contributed by atoms with Gasteiger partial charge in [-0.2, -0.15) is 0 Å². The van der Waals surface area contributed by atoms with Crippen LogP contribution in [-0.2, 0) is 20.8 Å². The Hall–Kier alpha value is -3.41. The Morgan fingerprint density at radius 2 is 1.97 bits per heavy atom. The number of methoxy groups -OCH3 is 1. The fraction of sp³-hybridized carbons (Fsp3) is 0.458. The summed E-state index contributed by atoms with van der Waals surface area (Å²) in [4.78, 5) is 40.7. The summed E-state index contributed by atoms with van der Waals surface area (Å²) >= 11 is 0. The van der Waals surface area contributed by atoms with Gasteiger partial charge < -0.3 is 41.1 Å². The number of ether oxygens (including phenoxy) is 1. The number of aliphatic hydroxyl groups is 4. The maximum atomic E-state index is 13.8. The number of nitrogens with zero attached hydrogens (tertiary/aromatic N) is 1. The second-order valence-corrected chi connectivity index (χ2v) is 9.24. The normalized spacial score (nSPS) is 27.9. The highest BCUT2D eigenvalue weighted by Gasteiger charge is 2.63. The summed E-state index contributed by atoms with van der Waals surface area (Å²) in [7, 11) is 5.11. The van der Waals surface area contributed by atoms with Crippen molar-refractivity contribution >= 4 is 28.9 Å². The molecule has 0 heterocycles. The predicted octanol–water partition coefficient (Wildman–Crippen LogP) is -0.647. The summed E-state index contributed by atoms with van der Waals surface area (Å²) < 4.78 is 5.42. The van der Waals surface area contributed by atoms with E-state index in [4.69, 9.17) is 10.5 Å². The van der Waals surface area contributed by atoms with E-state index in [1.54, 1.807) is 6.07 Å². The molecular formula is C24H29N3O8. The van der Waals surface area contributed by atoms with E-state index >= 15 is 0 Å². The maximum absolute atomic E-state index is 13.8. The van der Waals surface area contributed by atoms with Gasteiger partial charge in [-0.1, -0.05) is 0 Å². The summed E-state index contributed by atoms with van der Waals surface area (Å²) in [6, 6.07) is 2.23. The van der Waals surface area contributed by atoms with Crippen LogP contribution in [0.3, 0.4) is 0 Å². The Bertz CT molecular complexity index is 1190. The number of amides is 1. The molecule has 0 aliphatic heterocycles. The van der Waals surface area contributed by atoms with Crippen molar-refractivity contribution in [2.75, 3.05) is 39.3 Å². The largest absolute Gasteiger partial charge is 0.508 e. The van der Waals surface area contributed by atoms with Gasteiger partial charge in [0.2, 0.25) is 5.78 Å². The molecule has 1 fully saturated rings. The zero-order valence-electron chi connectivity index (χ0n) is 19.7. The van der Waals surface area contributed by atoms with E-state index < -0.39 is 52.3 Å². The van der Waals surface area contributed by atoms with Crippen molar-refractivity contribution in [1.29, 1.82) is 0 Å².